The van der Waals surface area contributed by atoms with Crippen molar-refractivity contribution >= 4 is 0 Å². The van der Waals surface area contributed by atoms with Crippen molar-refractivity contribution in [3.8, 4) is 29.6 Å². The van der Waals surface area contributed by atoms with Crippen LogP contribution in [0.15, 0.2) is 12.1 Å². The summed E-state index contributed by atoms with van der Waals surface area (Å²) in [4.78, 5) is 0. The van der Waals surface area contributed by atoms with Crippen LogP contribution in [0.25, 0.3) is 0 Å². The highest BCUT2D eigenvalue weighted by Gasteiger charge is 2.19. The molecule has 1 heterocycles. The molecular weight excluding hydrogens is 230 g/mol. The number of rotatable bonds is 6. The van der Waals surface area contributed by atoms with Crippen molar-refractivity contribution < 1.29 is 14.2 Å². The van der Waals surface area contributed by atoms with Gasteiger partial charge in [-0.05, 0) is 30.7 Å². The first-order chi connectivity index (χ1) is 8.85. The Kier molecular flexibility index (Phi) is 4.32. The zero-order valence-electron chi connectivity index (χ0n) is 10.5. The van der Waals surface area contributed by atoms with E-state index in [9.17, 15) is 0 Å². The maximum Gasteiger partial charge on any atom is 0.231 e. The molecule has 1 aliphatic rings. The summed E-state index contributed by atoms with van der Waals surface area (Å²) in [6.45, 7) is 1.92. The van der Waals surface area contributed by atoms with Crippen LogP contribution in [-0.2, 0) is 6.54 Å². The van der Waals surface area contributed by atoms with E-state index in [2.05, 4.69) is 11.2 Å². The van der Waals surface area contributed by atoms with Gasteiger partial charge in [0, 0.05) is 13.0 Å². The number of fused-ring (bicyclic) bond motifs is 1. The van der Waals surface area contributed by atoms with Gasteiger partial charge in [0.2, 0.25) is 12.5 Å². The molecule has 96 valence electrons. The molecule has 1 aromatic rings. The van der Waals surface area contributed by atoms with Crippen LogP contribution >= 0.6 is 0 Å². The highest BCUT2D eigenvalue weighted by Crippen LogP contribution is 2.41. The topological polar surface area (TPSA) is 39.7 Å². The van der Waals surface area contributed by atoms with E-state index < -0.39 is 0 Å². The van der Waals surface area contributed by atoms with Crippen LogP contribution in [0, 0.1) is 12.3 Å². The summed E-state index contributed by atoms with van der Waals surface area (Å²) in [5.41, 5.74) is 1.11. The number of terminal acetylenes is 1. The molecule has 0 saturated carbocycles. The van der Waals surface area contributed by atoms with E-state index in [1.807, 2.05) is 12.1 Å². The second kappa shape index (κ2) is 6.18. The van der Waals surface area contributed by atoms with Gasteiger partial charge in [-0.3, -0.25) is 0 Å². The van der Waals surface area contributed by atoms with Crippen LogP contribution in [0.3, 0.4) is 0 Å². The molecular formula is C14H17NO3. The molecule has 18 heavy (non-hydrogen) atoms. The number of nitrogens with one attached hydrogen (secondary N) is 1. The van der Waals surface area contributed by atoms with Gasteiger partial charge < -0.3 is 19.5 Å². The Hall–Kier alpha value is -1.86. The summed E-state index contributed by atoms with van der Waals surface area (Å²) in [7, 11) is 1.63. The van der Waals surface area contributed by atoms with Crippen LogP contribution in [0.5, 0.6) is 17.2 Å². The lowest BCUT2D eigenvalue weighted by molar-refractivity contribution is 0.171. The van der Waals surface area contributed by atoms with Crippen LogP contribution in [-0.4, -0.2) is 20.4 Å². The Morgan fingerprint density at radius 2 is 2.33 bits per heavy atom. The number of ether oxygens (including phenoxy) is 3. The molecule has 0 amide bonds. The van der Waals surface area contributed by atoms with Crippen LogP contribution in [0.2, 0.25) is 0 Å². The van der Waals surface area contributed by atoms with Gasteiger partial charge in [0.1, 0.15) is 0 Å². The average Bonchev–Trinajstić information content (AvgIpc) is 2.85. The molecule has 0 atom stereocenters. The SMILES string of the molecule is C#CCCCNCc1cc(OC)c2c(c1)OCO2. The summed E-state index contributed by atoms with van der Waals surface area (Å²) in [6, 6.07) is 3.93. The molecule has 0 saturated heterocycles. The molecule has 4 nitrogen and oxygen atoms in total. The van der Waals surface area contributed by atoms with Crippen molar-refractivity contribution in [2.75, 3.05) is 20.4 Å². The minimum Gasteiger partial charge on any atom is -0.493 e. The third kappa shape index (κ3) is 2.88. The smallest absolute Gasteiger partial charge is 0.231 e. The fourth-order valence-electron chi connectivity index (χ4n) is 1.83. The minimum absolute atomic E-state index is 0.255. The number of unbranched alkanes of at least 4 members (excludes halogenated alkanes) is 1. The Morgan fingerprint density at radius 1 is 1.44 bits per heavy atom. The molecule has 0 aliphatic carbocycles. The molecule has 0 bridgehead atoms. The predicted octanol–water partition coefficient (Wildman–Crippen LogP) is 1.93. The number of methoxy groups -OCH3 is 1. The van der Waals surface area contributed by atoms with E-state index >= 15 is 0 Å². The predicted molar refractivity (Wildman–Crippen MR) is 68.9 cm³/mol. The summed E-state index contributed by atoms with van der Waals surface area (Å²) in [5, 5.41) is 3.33. The lowest BCUT2D eigenvalue weighted by Gasteiger charge is -2.09. The van der Waals surface area contributed by atoms with E-state index in [0.717, 1.165) is 37.2 Å². The van der Waals surface area contributed by atoms with Gasteiger partial charge >= 0.3 is 0 Å². The zero-order valence-corrected chi connectivity index (χ0v) is 10.5. The van der Waals surface area contributed by atoms with Crippen molar-refractivity contribution in [1.29, 1.82) is 0 Å². The average molecular weight is 247 g/mol. The Morgan fingerprint density at radius 3 is 3.11 bits per heavy atom. The third-order valence-corrected chi connectivity index (χ3v) is 2.72. The van der Waals surface area contributed by atoms with E-state index in [4.69, 9.17) is 20.6 Å². The Balaban J connectivity index is 1.95. The van der Waals surface area contributed by atoms with Crippen molar-refractivity contribution in [1.82, 2.24) is 5.32 Å². The molecule has 2 rings (SSSR count). The number of hydrogen-bond donors (Lipinski definition) is 1. The van der Waals surface area contributed by atoms with E-state index in [0.29, 0.717) is 11.5 Å². The van der Waals surface area contributed by atoms with Gasteiger partial charge in [0.15, 0.2) is 11.5 Å². The normalized spacial score (nSPS) is 12.2. The molecule has 1 aliphatic heterocycles. The highest BCUT2D eigenvalue weighted by atomic mass is 16.7. The molecule has 0 radical (unpaired) electrons. The molecule has 1 N–H and O–H groups in total. The van der Waals surface area contributed by atoms with Gasteiger partial charge in [0.05, 0.1) is 7.11 Å². The summed E-state index contributed by atoms with van der Waals surface area (Å²) < 4.78 is 16.0. The number of hydrogen-bond acceptors (Lipinski definition) is 4. The standard InChI is InChI=1S/C14H17NO3/c1-3-4-5-6-15-9-11-7-12(16-2)14-13(8-11)17-10-18-14/h1,7-8,15H,4-6,9-10H2,2H3. The molecule has 0 unspecified atom stereocenters. The lowest BCUT2D eigenvalue weighted by atomic mass is 10.2. The van der Waals surface area contributed by atoms with Gasteiger partial charge in [-0.2, -0.15) is 0 Å². The molecule has 0 fully saturated rings. The van der Waals surface area contributed by atoms with E-state index in [-0.39, 0.29) is 6.79 Å². The first-order valence-electron chi connectivity index (χ1n) is 5.96. The largest absolute Gasteiger partial charge is 0.493 e. The van der Waals surface area contributed by atoms with Gasteiger partial charge in [-0.1, -0.05) is 0 Å². The monoisotopic (exact) mass is 247 g/mol. The van der Waals surface area contributed by atoms with Crippen LogP contribution in [0.4, 0.5) is 0 Å². The fourth-order valence-corrected chi connectivity index (χ4v) is 1.83. The maximum atomic E-state index is 5.37. The summed E-state index contributed by atoms with van der Waals surface area (Å²) >= 11 is 0. The maximum absolute atomic E-state index is 5.37. The number of benzene rings is 1. The zero-order chi connectivity index (χ0) is 12.8. The molecule has 1 aromatic carbocycles. The fraction of sp³-hybridized carbons (Fsp3) is 0.429. The van der Waals surface area contributed by atoms with E-state index in [1.54, 1.807) is 7.11 Å². The Bertz CT molecular complexity index is 451. The second-order valence-electron chi connectivity index (χ2n) is 4.02. The minimum atomic E-state index is 0.255. The van der Waals surface area contributed by atoms with Gasteiger partial charge in [-0.15, -0.1) is 12.3 Å². The van der Waals surface area contributed by atoms with Crippen molar-refractivity contribution in [2.24, 2.45) is 0 Å². The van der Waals surface area contributed by atoms with Crippen LogP contribution < -0.4 is 19.5 Å². The summed E-state index contributed by atoms with van der Waals surface area (Å²) in [6.07, 6.45) is 6.98. The molecule has 4 heteroatoms. The first-order valence-corrected chi connectivity index (χ1v) is 5.96. The van der Waals surface area contributed by atoms with Gasteiger partial charge in [-0.25, -0.2) is 0 Å². The third-order valence-electron chi connectivity index (χ3n) is 2.72. The highest BCUT2D eigenvalue weighted by molar-refractivity contribution is 5.55. The second-order valence-corrected chi connectivity index (χ2v) is 4.02. The quantitative estimate of drug-likeness (QED) is 0.616. The molecule has 0 spiro atoms. The summed E-state index contributed by atoms with van der Waals surface area (Å²) in [5.74, 6) is 4.77. The first kappa shape index (κ1) is 12.6. The Labute approximate surface area is 107 Å². The van der Waals surface area contributed by atoms with Crippen molar-refractivity contribution in [3.05, 3.63) is 17.7 Å². The van der Waals surface area contributed by atoms with Crippen LogP contribution in [0.1, 0.15) is 18.4 Å². The van der Waals surface area contributed by atoms with Gasteiger partial charge in [0.25, 0.3) is 0 Å². The van der Waals surface area contributed by atoms with Crippen molar-refractivity contribution in [2.45, 2.75) is 19.4 Å². The van der Waals surface area contributed by atoms with E-state index in [1.165, 1.54) is 0 Å². The molecule has 0 aromatic heterocycles. The van der Waals surface area contributed by atoms with Crippen molar-refractivity contribution in [3.63, 3.8) is 0 Å². The lowest BCUT2D eigenvalue weighted by Crippen LogP contribution is -2.14.